The summed E-state index contributed by atoms with van der Waals surface area (Å²) >= 11 is 0. The molecule has 1 N–H and O–H groups in total. The number of nitrogens with one attached hydrogen (secondary N) is 1. The Kier molecular flexibility index (Phi) is 5.35. The lowest BCUT2D eigenvalue weighted by atomic mass is 10.0. The number of hydrogen-bond donors (Lipinski definition) is 1. The zero-order valence-electron chi connectivity index (χ0n) is 15.4. The van der Waals surface area contributed by atoms with E-state index in [4.69, 9.17) is 4.74 Å². The molecular formula is C19H24N4O3. The van der Waals surface area contributed by atoms with Crippen molar-refractivity contribution in [1.29, 1.82) is 0 Å². The van der Waals surface area contributed by atoms with Gasteiger partial charge in [-0.1, -0.05) is 0 Å². The van der Waals surface area contributed by atoms with Crippen LogP contribution in [-0.2, 0) is 4.74 Å². The molecule has 0 radical (unpaired) electrons. The SMILES string of the molecule is CCOC(=O)NC1CCN(C(=O)c2ccc3nc(C)c(C)nc3c2)CC1. The van der Waals surface area contributed by atoms with Gasteiger partial charge in [0.1, 0.15) is 0 Å². The van der Waals surface area contributed by atoms with Gasteiger partial charge in [0.15, 0.2) is 0 Å². The summed E-state index contributed by atoms with van der Waals surface area (Å²) in [6.45, 7) is 7.18. The van der Waals surface area contributed by atoms with E-state index < -0.39 is 6.09 Å². The molecule has 2 heterocycles. The third-order valence-electron chi connectivity index (χ3n) is 4.70. The Morgan fingerprint density at radius 3 is 2.46 bits per heavy atom. The van der Waals surface area contributed by atoms with Gasteiger partial charge in [-0.3, -0.25) is 4.79 Å². The first-order valence-electron chi connectivity index (χ1n) is 8.95. The molecule has 0 bridgehead atoms. The molecule has 26 heavy (non-hydrogen) atoms. The molecule has 0 spiro atoms. The molecular weight excluding hydrogens is 332 g/mol. The highest BCUT2D eigenvalue weighted by atomic mass is 16.5. The number of likely N-dealkylation sites (tertiary alicyclic amines) is 1. The highest BCUT2D eigenvalue weighted by Gasteiger charge is 2.25. The maximum atomic E-state index is 12.8. The smallest absolute Gasteiger partial charge is 0.407 e. The third kappa shape index (κ3) is 3.92. The maximum Gasteiger partial charge on any atom is 0.407 e. The number of carbonyl (C=O) groups excluding carboxylic acids is 2. The number of fused-ring (bicyclic) bond motifs is 1. The first-order valence-corrected chi connectivity index (χ1v) is 8.95. The van der Waals surface area contributed by atoms with Crippen LogP contribution in [0.3, 0.4) is 0 Å². The van der Waals surface area contributed by atoms with Gasteiger partial charge in [-0.15, -0.1) is 0 Å². The first-order chi connectivity index (χ1) is 12.5. The van der Waals surface area contributed by atoms with Gasteiger partial charge in [0.05, 0.1) is 29.0 Å². The summed E-state index contributed by atoms with van der Waals surface area (Å²) in [7, 11) is 0. The van der Waals surface area contributed by atoms with Gasteiger partial charge in [-0.05, 0) is 51.8 Å². The second kappa shape index (κ2) is 7.68. The summed E-state index contributed by atoms with van der Waals surface area (Å²) in [5, 5.41) is 2.84. The average Bonchev–Trinajstić information content (AvgIpc) is 2.62. The average molecular weight is 356 g/mol. The Labute approximate surface area is 152 Å². The summed E-state index contributed by atoms with van der Waals surface area (Å²) in [5.74, 6) is -0.0125. The second-order valence-corrected chi connectivity index (χ2v) is 6.53. The summed E-state index contributed by atoms with van der Waals surface area (Å²) in [4.78, 5) is 35.1. The third-order valence-corrected chi connectivity index (χ3v) is 4.70. The zero-order chi connectivity index (χ0) is 18.7. The Bertz CT molecular complexity index is 829. The summed E-state index contributed by atoms with van der Waals surface area (Å²) in [5.41, 5.74) is 3.91. The standard InChI is InChI=1S/C19H24N4O3/c1-4-26-19(25)22-15-7-9-23(10-8-15)18(24)14-5-6-16-17(11-14)21-13(3)12(2)20-16/h5-6,11,15H,4,7-10H2,1-3H3,(H,22,25). The molecule has 0 aliphatic carbocycles. The molecule has 1 aromatic heterocycles. The van der Waals surface area contributed by atoms with E-state index in [0.29, 0.717) is 25.3 Å². The van der Waals surface area contributed by atoms with Crippen LogP contribution in [-0.4, -0.2) is 52.6 Å². The largest absolute Gasteiger partial charge is 0.450 e. The van der Waals surface area contributed by atoms with E-state index in [2.05, 4.69) is 15.3 Å². The maximum absolute atomic E-state index is 12.8. The van der Waals surface area contributed by atoms with Crippen molar-refractivity contribution in [2.45, 2.75) is 39.7 Å². The number of piperidine rings is 1. The van der Waals surface area contributed by atoms with Crippen LogP contribution in [0.4, 0.5) is 4.79 Å². The lowest BCUT2D eigenvalue weighted by molar-refractivity contribution is 0.0702. The van der Waals surface area contributed by atoms with Crippen LogP contribution in [0, 0.1) is 13.8 Å². The molecule has 0 unspecified atom stereocenters. The van der Waals surface area contributed by atoms with Crippen molar-refractivity contribution < 1.29 is 14.3 Å². The summed E-state index contributed by atoms with van der Waals surface area (Å²) in [6, 6.07) is 5.50. The van der Waals surface area contributed by atoms with Crippen molar-refractivity contribution in [2.75, 3.05) is 19.7 Å². The normalized spacial score (nSPS) is 15.1. The number of amides is 2. The number of nitrogens with zero attached hydrogens (tertiary/aromatic N) is 3. The van der Waals surface area contributed by atoms with Gasteiger partial charge in [0, 0.05) is 24.7 Å². The highest BCUT2D eigenvalue weighted by Crippen LogP contribution is 2.18. The molecule has 0 atom stereocenters. The van der Waals surface area contributed by atoms with E-state index in [1.165, 1.54) is 0 Å². The van der Waals surface area contributed by atoms with Crippen LogP contribution in [0.2, 0.25) is 0 Å². The molecule has 3 rings (SSSR count). The number of benzene rings is 1. The number of hydrogen-bond acceptors (Lipinski definition) is 5. The molecule has 1 aliphatic rings. The van der Waals surface area contributed by atoms with Crippen LogP contribution in [0.1, 0.15) is 41.5 Å². The minimum Gasteiger partial charge on any atom is -0.450 e. The number of aryl methyl sites for hydroxylation is 2. The second-order valence-electron chi connectivity index (χ2n) is 6.53. The molecule has 7 heteroatoms. The fourth-order valence-electron chi connectivity index (χ4n) is 3.11. The van der Waals surface area contributed by atoms with Crippen molar-refractivity contribution in [2.24, 2.45) is 0 Å². The molecule has 2 amide bonds. The molecule has 1 aliphatic heterocycles. The van der Waals surface area contributed by atoms with E-state index in [0.717, 1.165) is 35.3 Å². The highest BCUT2D eigenvalue weighted by molar-refractivity contribution is 5.97. The summed E-state index contributed by atoms with van der Waals surface area (Å²) < 4.78 is 4.90. The molecule has 1 aromatic carbocycles. The zero-order valence-corrected chi connectivity index (χ0v) is 15.4. The fourth-order valence-corrected chi connectivity index (χ4v) is 3.11. The Morgan fingerprint density at radius 1 is 1.15 bits per heavy atom. The number of rotatable bonds is 3. The van der Waals surface area contributed by atoms with Gasteiger partial charge in [-0.25, -0.2) is 14.8 Å². The number of ether oxygens (including phenoxy) is 1. The minimum atomic E-state index is -0.393. The Hall–Kier alpha value is -2.70. The molecule has 138 valence electrons. The molecule has 1 fully saturated rings. The van der Waals surface area contributed by atoms with E-state index in [1.54, 1.807) is 19.1 Å². The van der Waals surface area contributed by atoms with Crippen molar-refractivity contribution in [3.63, 3.8) is 0 Å². The number of aromatic nitrogens is 2. The molecule has 1 saturated heterocycles. The van der Waals surface area contributed by atoms with Crippen LogP contribution in [0.15, 0.2) is 18.2 Å². The molecule has 2 aromatic rings. The van der Waals surface area contributed by atoms with E-state index in [9.17, 15) is 9.59 Å². The van der Waals surface area contributed by atoms with Crippen LogP contribution >= 0.6 is 0 Å². The van der Waals surface area contributed by atoms with Gasteiger partial charge in [0.2, 0.25) is 0 Å². The number of alkyl carbamates (subject to hydrolysis) is 1. The molecule has 0 saturated carbocycles. The predicted molar refractivity (Wildman–Crippen MR) is 98.1 cm³/mol. The Balaban J connectivity index is 1.66. The van der Waals surface area contributed by atoms with E-state index >= 15 is 0 Å². The van der Waals surface area contributed by atoms with Gasteiger partial charge in [-0.2, -0.15) is 0 Å². The lowest BCUT2D eigenvalue weighted by Crippen LogP contribution is -2.46. The van der Waals surface area contributed by atoms with E-state index in [1.807, 2.05) is 24.8 Å². The first kappa shape index (κ1) is 18.1. The van der Waals surface area contributed by atoms with Crippen molar-refractivity contribution in [3.8, 4) is 0 Å². The van der Waals surface area contributed by atoms with E-state index in [-0.39, 0.29) is 11.9 Å². The topological polar surface area (TPSA) is 84.4 Å². The van der Waals surface area contributed by atoms with Gasteiger partial charge >= 0.3 is 6.09 Å². The van der Waals surface area contributed by atoms with Gasteiger partial charge in [0.25, 0.3) is 5.91 Å². The van der Waals surface area contributed by atoms with Crippen LogP contribution in [0.25, 0.3) is 11.0 Å². The van der Waals surface area contributed by atoms with Crippen LogP contribution < -0.4 is 5.32 Å². The quantitative estimate of drug-likeness (QED) is 0.914. The minimum absolute atomic E-state index is 0.0125. The molecule has 7 nitrogen and oxygen atoms in total. The predicted octanol–water partition coefficient (Wildman–Crippen LogP) is 2.60. The van der Waals surface area contributed by atoms with Crippen molar-refractivity contribution in [3.05, 3.63) is 35.2 Å². The van der Waals surface area contributed by atoms with Crippen molar-refractivity contribution in [1.82, 2.24) is 20.2 Å². The van der Waals surface area contributed by atoms with Crippen LogP contribution in [0.5, 0.6) is 0 Å². The number of carbonyl (C=O) groups is 2. The Morgan fingerprint density at radius 2 is 1.81 bits per heavy atom. The fraction of sp³-hybridized carbons (Fsp3) is 0.474. The lowest BCUT2D eigenvalue weighted by Gasteiger charge is -2.32. The monoisotopic (exact) mass is 356 g/mol. The van der Waals surface area contributed by atoms with Gasteiger partial charge < -0.3 is 15.0 Å². The van der Waals surface area contributed by atoms with Crippen molar-refractivity contribution >= 4 is 23.0 Å². The summed E-state index contributed by atoms with van der Waals surface area (Å²) in [6.07, 6.45) is 1.04.